The number of hydrogen-bond acceptors (Lipinski definition) is 4. The molecular formula is C22H32FIN4O2. The van der Waals surface area contributed by atoms with Gasteiger partial charge in [-0.15, -0.1) is 24.0 Å². The van der Waals surface area contributed by atoms with Crippen molar-refractivity contribution in [3.05, 3.63) is 59.4 Å². The van der Waals surface area contributed by atoms with Gasteiger partial charge < -0.3 is 25.0 Å². The maximum atomic E-state index is 13.3. The van der Waals surface area contributed by atoms with Crippen LogP contribution in [0.3, 0.4) is 0 Å². The molecule has 0 heterocycles. The Labute approximate surface area is 195 Å². The number of methoxy groups -OCH3 is 2. The van der Waals surface area contributed by atoms with Gasteiger partial charge in [0, 0.05) is 20.1 Å². The molecule has 0 aliphatic rings. The molecule has 6 nitrogen and oxygen atoms in total. The quantitative estimate of drug-likeness (QED) is 0.296. The van der Waals surface area contributed by atoms with Gasteiger partial charge in [-0.25, -0.2) is 4.39 Å². The number of benzene rings is 2. The average molecular weight is 530 g/mol. The first-order valence-electron chi connectivity index (χ1n) is 9.55. The van der Waals surface area contributed by atoms with Crippen molar-refractivity contribution in [2.24, 2.45) is 4.99 Å². The summed E-state index contributed by atoms with van der Waals surface area (Å²) < 4.78 is 24.0. The van der Waals surface area contributed by atoms with Crippen molar-refractivity contribution in [1.29, 1.82) is 0 Å². The molecule has 0 aromatic heterocycles. The summed E-state index contributed by atoms with van der Waals surface area (Å²) in [6.45, 7) is 1.31. The molecule has 30 heavy (non-hydrogen) atoms. The van der Waals surface area contributed by atoms with Crippen LogP contribution in [0.4, 0.5) is 4.39 Å². The molecule has 0 saturated heterocycles. The zero-order valence-electron chi connectivity index (χ0n) is 18.2. The predicted octanol–water partition coefficient (Wildman–Crippen LogP) is 3.47. The summed E-state index contributed by atoms with van der Waals surface area (Å²) >= 11 is 0. The van der Waals surface area contributed by atoms with Crippen LogP contribution in [-0.2, 0) is 6.42 Å². The van der Waals surface area contributed by atoms with Gasteiger partial charge in [0.25, 0.3) is 0 Å². The largest absolute Gasteiger partial charge is 0.493 e. The van der Waals surface area contributed by atoms with Crippen molar-refractivity contribution >= 4 is 29.9 Å². The Kier molecular flexibility index (Phi) is 11.5. The monoisotopic (exact) mass is 530 g/mol. The standard InChI is InChI=1S/C22H31FN4O2.HI/c1-24-22(25-12-11-16-7-6-8-18(23)13-16)26-15-19(27(2)3)17-9-10-20(28-4)21(14-17)29-5;/h6-10,13-14,19H,11-12,15H2,1-5H3,(H2,24,25,26);1H. The topological polar surface area (TPSA) is 58.1 Å². The number of ether oxygens (including phenoxy) is 2. The van der Waals surface area contributed by atoms with Gasteiger partial charge in [-0.3, -0.25) is 4.99 Å². The number of rotatable bonds is 9. The molecule has 0 fully saturated rings. The summed E-state index contributed by atoms with van der Waals surface area (Å²) in [4.78, 5) is 6.41. The summed E-state index contributed by atoms with van der Waals surface area (Å²) in [6, 6.07) is 12.7. The number of nitrogens with one attached hydrogen (secondary N) is 2. The van der Waals surface area contributed by atoms with Gasteiger partial charge in [0.2, 0.25) is 0 Å². The molecule has 0 spiro atoms. The molecule has 0 radical (unpaired) electrons. The van der Waals surface area contributed by atoms with E-state index < -0.39 is 0 Å². The second kappa shape index (κ2) is 13.3. The van der Waals surface area contributed by atoms with Gasteiger partial charge in [-0.2, -0.15) is 0 Å². The van der Waals surface area contributed by atoms with E-state index in [4.69, 9.17) is 9.47 Å². The number of nitrogens with zero attached hydrogens (tertiary/aromatic N) is 2. The smallest absolute Gasteiger partial charge is 0.191 e. The lowest BCUT2D eigenvalue weighted by Gasteiger charge is -2.26. The first-order valence-corrected chi connectivity index (χ1v) is 9.55. The van der Waals surface area contributed by atoms with E-state index >= 15 is 0 Å². The molecule has 2 rings (SSSR count). The number of guanidine groups is 1. The van der Waals surface area contributed by atoms with Crippen molar-refractivity contribution in [3.63, 3.8) is 0 Å². The maximum absolute atomic E-state index is 13.3. The van der Waals surface area contributed by atoms with Crippen molar-refractivity contribution in [1.82, 2.24) is 15.5 Å². The lowest BCUT2D eigenvalue weighted by molar-refractivity contribution is 0.295. The Bertz CT molecular complexity index is 817. The van der Waals surface area contributed by atoms with Gasteiger partial charge in [0.05, 0.1) is 20.3 Å². The molecule has 1 unspecified atom stereocenters. The first-order chi connectivity index (χ1) is 14.0. The molecule has 0 bridgehead atoms. The van der Waals surface area contributed by atoms with Crippen LogP contribution in [0.25, 0.3) is 0 Å². The number of likely N-dealkylation sites (N-methyl/N-ethyl adjacent to an activating group) is 1. The predicted molar refractivity (Wildman–Crippen MR) is 131 cm³/mol. The molecule has 166 valence electrons. The molecule has 0 aliphatic heterocycles. The molecular weight excluding hydrogens is 498 g/mol. The summed E-state index contributed by atoms with van der Waals surface area (Å²) in [7, 11) is 9.06. The Morgan fingerprint density at radius 1 is 1.07 bits per heavy atom. The van der Waals surface area contributed by atoms with Gasteiger partial charge in [-0.05, 0) is 55.9 Å². The fourth-order valence-electron chi connectivity index (χ4n) is 3.09. The van der Waals surface area contributed by atoms with Crippen LogP contribution >= 0.6 is 24.0 Å². The molecule has 0 aliphatic carbocycles. The highest BCUT2D eigenvalue weighted by Crippen LogP contribution is 2.31. The normalized spacial score (nSPS) is 12.2. The van der Waals surface area contributed by atoms with Crippen LogP contribution in [-0.4, -0.2) is 59.3 Å². The Hall–Kier alpha value is -2.07. The molecule has 0 saturated carbocycles. The number of aliphatic imine (C=N–C) groups is 1. The summed E-state index contributed by atoms with van der Waals surface area (Å²) in [5, 5.41) is 6.64. The van der Waals surface area contributed by atoms with Crippen LogP contribution in [0.15, 0.2) is 47.5 Å². The lowest BCUT2D eigenvalue weighted by Crippen LogP contribution is -2.42. The van der Waals surface area contributed by atoms with E-state index in [2.05, 4.69) is 20.5 Å². The summed E-state index contributed by atoms with van der Waals surface area (Å²) in [6.07, 6.45) is 0.714. The fourth-order valence-corrected chi connectivity index (χ4v) is 3.09. The van der Waals surface area contributed by atoms with E-state index in [1.165, 1.54) is 6.07 Å². The minimum absolute atomic E-state index is 0. The summed E-state index contributed by atoms with van der Waals surface area (Å²) in [5.41, 5.74) is 2.06. The van der Waals surface area contributed by atoms with E-state index in [-0.39, 0.29) is 35.8 Å². The van der Waals surface area contributed by atoms with Crippen LogP contribution in [0.2, 0.25) is 0 Å². The highest BCUT2D eigenvalue weighted by atomic mass is 127. The number of halogens is 2. The maximum Gasteiger partial charge on any atom is 0.191 e. The van der Waals surface area contributed by atoms with Gasteiger partial charge >= 0.3 is 0 Å². The van der Waals surface area contributed by atoms with Crippen molar-refractivity contribution in [3.8, 4) is 11.5 Å². The van der Waals surface area contributed by atoms with E-state index in [9.17, 15) is 4.39 Å². The summed E-state index contributed by atoms with van der Waals surface area (Å²) in [5.74, 6) is 1.90. The van der Waals surface area contributed by atoms with Crippen molar-refractivity contribution in [2.45, 2.75) is 12.5 Å². The van der Waals surface area contributed by atoms with Crippen molar-refractivity contribution < 1.29 is 13.9 Å². The molecule has 1 atom stereocenters. The second-order valence-electron chi connectivity index (χ2n) is 6.85. The second-order valence-corrected chi connectivity index (χ2v) is 6.85. The van der Waals surface area contributed by atoms with Crippen molar-refractivity contribution in [2.75, 3.05) is 48.5 Å². The molecule has 8 heteroatoms. The minimum atomic E-state index is -0.214. The Balaban J connectivity index is 0.00000450. The van der Waals surface area contributed by atoms with E-state index in [1.54, 1.807) is 33.4 Å². The third-order valence-corrected chi connectivity index (χ3v) is 4.70. The SMILES string of the molecule is CN=C(NCCc1cccc(F)c1)NCC(c1ccc(OC)c(OC)c1)N(C)C.I. The lowest BCUT2D eigenvalue weighted by atomic mass is 10.1. The van der Waals surface area contributed by atoms with Gasteiger partial charge in [-0.1, -0.05) is 18.2 Å². The van der Waals surface area contributed by atoms with Gasteiger partial charge in [0.15, 0.2) is 17.5 Å². The zero-order chi connectivity index (χ0) is 21.2. The fraction of sp³-hybridized carbons (Fsp3) is 0.409. The van der Waals surface area contributed by atoms with E-state index in [0.29, 0.717) is 37.0 Å². The number of hydrogen-bond donors (Lipinski definition) is 2. The Morgan fingerprint density at radius 3 is 2.40 bits per heavy atom. The molecule has 2 aromatic rings. The van der Waals surface area contributed by atoms with E-state index in [0.717, 1.165) is 11.1 Å². The third-order valence-electron chi connectivity index (χ3n) is 4.70. The third kappa shape index (κ3) is 7.64. The minimum Gasteiger partial charge on any atom is -0.493 e. The molecule has 2 N–H and O–H groups in total. The molecule has 0 amide bonds. The average Bonchev–Trinajstić information content (AvgIpc) is 2.72. The highest BCUT2D eigenvalue weighted by molar-refractivity contribution is 14.0. The first kappa shape index (κ1) is 26.0. The Morgan fingerprint density at radius 2 is 1.80 bits per heavy atom. The zero-order valence-corrected chi connectivity index (χ0v) is 20.6. The molecule has 2 aromatic carbocycles. The highest BCUT2D eigenvalue weighted by Gasteiger charge is 2.17. The van der Waals surface area contributed by atoms with Crippen LogP contribution in [0.5, 0.6) is 11.5 Å². The van der Waals surface area contributed by atoms with Crippen LogP contribution in [0, 0.1) is 5.82 Å². The van der Waals surface area contributed by atoms with E-state index in [1.807, 2.05) is 38.4 Å². The van der Waals surface area contributed by atoms with Crippen LogP contribution in [0.1, 0.15) is 17.2 Å². The van der Waals surface area contributed by atoms with Crippen LogP contribution < -0.4 is 20.1 Å². The van der Waals surface area contributed by atoms with Gasteiger partial charge in [0.1, 0.15) is 5.82 Å².